The SMILES string of the molecule is NC(=O)CN1CCC/C(=N\OCc2ccccc2)C1. The number of nitrogens with zero attached hydrogens (tertiary/aromatic N) is 2. The van der Waals surface area contributed by atoms with Crippen molar-refractivity contribution < 1.29 is 9.63 Å². The van der Waals surface area contributed by atoms with Gasteiger partial charge in [0.2, 0.25) is 5.91 Å². The lowest BCUT2D eigenvalue weighted by atomic mass is 10.1. The number of hydrogen-bond donors (Lipinski definition) is 1. The maximum Gasteiger partial charge on any atom is 0.231 e. The predicted octanol–water partition coefficient (Wildman–Crippen LogP) is 1.14. The highest BCUT2D eigenvalue weighted by Gasteiger charge is 2.17. The second kappa shape index (κ2) is 6.89. The van der Waals surface area contributed by atoms with Crippen LogP contribution in [0.5, 0.6) is 0 Å². The summed E-state index contributed by atoms with van der Waals surface area (Å²) in [7, 11) is 0. The lowest BCUT2D eigenvalue weighted by Gasteiger charge is -2.25. The van der Waals surface area contributed by atoms with Gasteiger partial charge < -0.3 is 10.6 Å². The van der Waals surface area contributed by atoms with Crippen LogP contribution in [-0.2, 0) is 16.2 Å². The van der Waals surface area contributed by atoms with Gasteiger partial charge in [-0.1, -0.05) is 35.5 Å². The Kier molecular flexibility index (Phi) is 4.92. The van der Waals surface area contributed by atoms with Crippen molar-refractivity contribution in [1.29, 1.82) is 0 Å². The first-order valence-electron chi connectivity index (χ1n) is 6.46. The molecule has 0 atom stereocenters. The normalized spacial score (nSPS) is 18.4. The van der Waals surface area contributed by atoms with Crippen molar-refractivity contribution in [2.75, 3.05) is 19.6 Å². The molecule has 1 heterocycles. The second-order valence-electron chi connectivity index (χ2n) is 4.70. The maximum atomic E-state index is 10.9. The van der Waals surface area contributed by atoms with Gasteiger partial charge in [0.25, 0.3) is 0 Å². The molecule has 1 saturated heterocycles. The van der Waals surface area contributed by atoms with Gasteiger partial charge in [0, 0.05) is 6.54 Å². The van der Waals surface area contributed by atoms with Gasteiger partial charge in [0.05, 0.1) is 12.3 Å². The highest BCUT2D eigenvalue weighted by molar-refractivity contribution is 5.87. The third-order valence-electron chi connectivity index (χ3n) is 2.99. The number of hydrogen-bond acceptors (Lipinski definition) is 4. The fourth-order valence-corrected chi connectivity index (χ4v) is 2.13. The van der Waals surface area contributed by atoms with Crippen molar-refractivity contribution in [2.24, 2.45) is 10.9 Å². The van der Waals surface area contributed by atoms with Crippen LogP contribution in [0.15, 0.2) is 35.5 Å². The molecule has 5 nitrogen and oxygen atoms in total. The molecule has 19 heavy (non-hydrogen) atoms. The molecule has 1 aromatic rings. The fourth-order valence-electron chi connectivity index (χ4n) is 2.13. The molecule has 0 aromatic heterocycles. The zero-order valence-corrected chi connectivity index (χ0v) is 10.9. The van der Waals surface area contributed by atoms with E-state index in [9.17, 15) is 4.79 Å². The van der Waals surface area contributed by atoms with Crippen molar-refractivity contribution in [3.63, 3.8) is 0 Å². The molecule has 0 saturated carbocycles. The van der Waals surface area contributed by atoms with Crippen LogP contribution < -0.4 is 5.73 Å². The Morgan fingerprint density at radius 2 is 2.16 bits per heavy atom. The van der Waals surface area contributed by atoms with Crippen LogP contribution in [0.25, 0.3) is 0 Å². The molecule has 102 valence electrons. The van der Waals surface area contributed by atoms with Crippen molar-refractivity contribution in [2.45, 2.75) is 19.4 Å². The molecule has 0 spiro atoms. The molecular weight excluding hydrogens is 242 g/mol. The van der Waals surface area contributed by atoms with E-state index < -0.39 is 0 Å². The van der Waals surface area contributed by atoms with E-state index in [4.69, 9.17) is 10.6 Å². The van der Waals surface area contributed by atoms with Crippen LogP contribution in [-0.4, -0.2) is 36.2 Å². The number of carbonyl (C=O) groups excluding carboxylic acids is 1. The Hall–Kier alpha value is -1.88. The van der Waals surface area contributed by atoms with Gasteiger partial charge in [-0.3, -0.25) is 9.69 Å². The minimum absolute atomic E-state index is 0.289. The van der Waals surface area contributed by atoms with Crippen LogP contribution in [0.1, 0.15) is 18.4 Å². The smallest absolute Gasteiger partial charge is 0.231 e. The summed E-state index contributed by atoms with van der Waals surface area (Å²) in [5.74, 6) is -0.300. The summed E-state index contributed by atoms with van der Waals surface area (Å²) in [4.78, 5) is 18.2. The molecule has 2 rings (SSSR count). The van der Waals surface area contributed by atoms with Gasteiger partial charge in [0.1, 0.15) is 6.61 Å². The largest absolute Gasteiger partial charge is 0.391 e. The number of benzene rings is 1. The average molecular weight is 261 g/mol. The minimum Gasteiger partial charge on any atom is -0.391 e. The molecule has 1 fully saturated rings. The summed E-state index contributed by atoms with van der Waals surface area (Å²) in [5.41, 5.74) is 7.26. The van der Waals surface area contributed by atoms with Gasteiger partial charge in [-0.2, -0.15) is 0 Å². The van der Waals surface area contributed by atoms with E-state index in [1.54, 1.807) is 0 Å². The van der Waals surface area contributed by atoms with Crippen LogP contribution in [0.3, 0.4) is 0 Å². The Bertz CT molecular complexity index is 445. The third kappa shape index (κ3) is 4.71. The van der Waals surface area contributed by atoms with Gasteiger partial charge in [-0.05, 0) is 24.9 Å². The number of likely N-dealkylation sites (tertiary alicyclic amines) is 1. The van der Waals surface area contributed by atoms with Crippen LogP contribution in [0, 0.1) is 0 Å². The fraction of sp³-hybridized carbons (Fsp3) is 0.429. The lowest BCUT2D eigenvalue weighted by Crippen LogP contribution is -2.41. The van der Waals surface area contributed by atoms with E-state index in [0.717, 1.165) is 30.7 Å². The van der Waals surface area contributed by atoms with Crippen LogP contribution >= 0.6 is 0 Å². The maximum absolute atomic E-state index is 10.9. The number of amides is 1. The van der Waals surface area contributed by atoms with Gasteiger partial charge in [0.15, 0.2) is 0 Å². The Balaban J connectivity index is 1.80. The van der Waals surface area contributed by atoms with Crippen molar-refractivity contribution in [1.82, 2.24) is 4.90 Å². The molecule has 0 bridgehead atoms. The van der Waals surface area contributed by atoms with Gasteiger partial charge >= 0.3 is 0 Å². The number of rotatable bonds is 5. The Morgan fingerprint density at radius 1 is 1.37 bits per heavy atom. The van der Waals surface area contributed by atoms with Crippen LogP contribution in [0.2, 0.25) is 0 Å². The molecule has 1 aliphatic rings. The zero-order valence-electron chi connectivity index (χ0n) is 10.9. The molecule has 0 radical (unpaired) electrons. The monoisotopic (exact) mass is 261 g/mol. The highest BCUT2D eigenvalue weighted by Crippen LogP contribution is 2.08. The summed E-state index contributed by atoms with van der Waals surface area (Å²) in [5, 5.41) is 4.16. The second-order valence-corrected chi connectivity index (χ2v) is 4.70. The summed E-state index contributed by atoms with van der Waals surface area (Å²) in [6.07, 6.45) is 1.91. The molecule has 2 N–H and O–H groups in total. The van der Waals surface area contributed by atoms with Gasteiger partial charge in [-0.15, -0.1) is 0 Å². The van der Waals surface area contributed by atoms with E-state index >= 15 is 0 Å². The number of nitrogens with two attached hydrogens (primary N) is 1. The summed E-state index contributed by atoms with van der Waals surface area (Å²) < 4.78 is 0. The molecule has 0 aliphatic carbocycles. The molecular formula is C14H19N3O2. The summed E-state index contributed by atoms with van der Waals surface area (Å²) >= 11 is 0. The predicted molar refractivity (Wildman–Crippen MR) is 73.5 cm³/mol. The number of carbonyl (C=O) groups is 1. The van der Waals surface area contributed by atoms with E-state index in [0.29, 0.717) is 13.2 Å². The Morgan fingerprint density at radius 3 is 2.89 bits per heavy atom. The molecule has 1 aromatic carbocycles. The first-order valence-corrected chi connectivity index (χ1v) is 6.46. The molecule has 0 unspecified atom stereocenters. The number of piperidine rings is 1. The first kappa shape index (κ1) is 13.5. The summed E-state index contributed by atoms with van der Waals surface area (Å²) in [6.45, 7) is 2.32. The topological polar surface area (TPSA) is 67.9 Å². The van der Waals surface area contributed by atoms with Crippen LogP contribution in [0.4, 0.5) is 0 Å². The standard InChI is InChI=1S/C14H19N3O2/c15-14(18)10-17-8-4-7-13(9-17)16-19-11-12-5-2-1-3-6-12/h1-3,5-6H,4,7-11H2,(H2,15,18)/b16-13+. The van der Waals surface area contributed by atoms with Crippen molar-refractivity contribution >= 4 is 11.6 Å². The van der Waals surface area contributed by atoms with E-state index in [1.165, 1.54) is 0 Å². The molecule has 1 aliphatic heterocycles. The summed E-state index contributed by atoms with van der Waals surface area (Å²) in [6, 6.07) is 9.92. The van der Waals surface area contributed by atoms with E-state index in [-0.39, 0.29) is 12.5 Å². The highest BCUT2D eigenvalue weighted by atomic mass is 16.6. The minimum atomic E-state index is -0.300. The van der Waals surface area contributed by atoms with Crippen molar-refractivity contribution in [3.8, 4) is 0 Å². The zero-order chi connectivity index (χ0) is 13.5. The third-order valence-corrected chi connectivity index (χ3v) is 2.99. The quantitative estimate of drug-likeness (QED) is 0.808. The Labute approximate surface area is 113 Å². The van der Waals surface area contributed by atoms with E-state index in [2.05, 4.69) is 5.16 Å². The molecule has 1 amide bonds. The van der Waals surface area contributed by atoms with Gasteiger partial charge in [-0.25, -0.2) is 0 Å². The first-order chi connectivity index (χ1) is 9.24. The average Bonchev–Trinajstić information content (AvgIpc) is 2.40. The van der Waals surface area contributed by atoms with E-state index in [1.807, 2.05) is 35.2 Å². The molecule has 5 heteroatoms. The number of oxime groups is 1. The van der Waals surface area contributed by atoms with Crippen molar-refractivity contribution in [3.05, 3.63) is 35.9 Å². The number of primary amides is 1. The lowest BCUT2D eigenvalue weighted by molar-refractivity contribution is -0.119.